The van der Waals surface area contributed by atoms with E-state index in [0.29, 0.717) is 5.56 Å². The first-order valence-corrected chi connectivity index (χ1v) is 9.85. The predicted octanol–water partition coefficient (Wildman–Crippen LogP) is 1.82. The number of aliphatic hydroxyl groups excluding tert-OH is 1. The number of rotatable bonds is 7. The number of aliphatic hydroxyl groups is 1. The Morgan fingerprint density at radius 1 is 1.15 bits per heavy atom. The van der Waals surface area contributed by atoms with Crippen LogP contribution < -0.4 is 4.72 Å². The summed E-state index contributed by atoms with van der Waals surface area (Å²) in [6.45, 7) is 3.32. The molecule has 0 aliphatic carbocycles. The molecule has 2 N–H and O–H groups in total. The molecule has 0 aromatic heterocycles. The molecule has 2 aromatic carbocycles. The summed E-state index contributed by atoms with van der Waals surface area (Å²) in [5.41, 5.74) is 1.58. The van der Waals surface area contributed by atoms with Gasteiger partial charge in [0.1, 0.15) is 11.9 Å². The summed E-state index contributed by atoms with van der Waals surface area (Å²) in [7, 11) is -2.50. The van der Waals surface area contributed by atoms with Crippen molar-refractivity contribution >= 4 is 15.9 Å². The maximum Gasteiger partial charge on any atom is 0.243 e. The maximum absolute atomic E-state index is 13.0. The lowest BCUT2D eigenvalue weighted by Gasteiger charge is -2.26. The highest BCUT2D eigenvalue weighted by molar-refractivity contribution is 7.89. The second-order valence-electron chi connectivity index (χ2n) is 6.47. The summed E-state index contributed by atoms with van der Waals surface area (Å²) in [5.74, 6) is -0.981. The number of carbonyl (C=O) groups excluding carboxylic acids is 1. The Morgan fingerprint density at radius 3 is 2.22 bits per heavy atom. The topological polar surface area (TPSA) is 86.7 Å². The lowest BCUT2D eigenvalue weighted by Crippen LogP contribution is -2.52. The number of benzene rings is 2. The number of halogens is 1. The normalized spacial score (nSPS) is 13.8. The average molecular weight is 394 g/mol. The Hall–Kier alpha value is -2.29. The predicted molar refractivity (Wildman–Crippen MR) is 99.8 cm³/mol. The van der Waals surface area contributed by atoms with E-state index in [4.69, 9.17) is 0 Å². The van der Waals surface area contributed by atoms with Gasteiger partial charge in [-0.15, -0.1) is 0 Å². The van der Waals surface area contributed by atoms with Crippen molar-refractivity contribution in [3.8, 4) is 0 Å². The van der Waals surface area contributed by atoms with E-state index in [2.05, 4.69) is 4.72 Å². The van der Waals surface area contributed by atoms with E-state index < -0.39 is 28.1 Å². The molecule has 0 bridgehead atoms. The fourth-order valence-corrected chi connectivity index (χ4v) is 3.75. The van der Waals surface area contributed by atoms with Crippen LogP contribution >= 0.6 is 0 Å². The third kappa shape index (κ3) is 5.59. The van der Waals surface area contributed by atoms with Gasteiger partial charge in [0.25, 0.3) is 0 Å². The molecule has 0 unspecified atom stereocenters. The van der Waals surface area contributed by atoms with Crippen molar-refractivity contribution in [2.24, 2.45) is 0 Å². The molecule has 27 heavy (non-hydrogen) atoms. The molecule has 0 saturated carbocycles. The first-order chi connectivity index (χ1) is 12.6. The number of likely N-dealkylation sites (N-methyl/N-ethyl adjacent to an activating group) is 1. The smallest absolute Gasteiger partial charge is 0.243 e. The van der Waals surface area contributed by atoms with E-state index in [-0.39, 0.29) is 17.3 Å². The standard InChI is InChI=1S/C19H23FN2O4S/c1-13-4-10-17(11-5-13)27(25,26)21-18(14(2)23)19(24)22(3)12-15-6-8-16(20)9-7-15/h4-11,14,18,21,23H,12H2,1-3H3/t14-,18-/m0/s1. The number of hydrogen-bond acceptors (Lipinski definition) is 4. The van der Waals surface area contributed by atoms with Crippen molar-refractivity contribution in [1.29, 1.82) is 0 Å². The molecular weight excluding hydrogens is 371 g/mol. The zero-order valence-corrected chi connectivity index (χ0v) is 16.2. The van der Waals surface area contributed by atoms with Crippen LogP contribution in [0, 0.1) is 12.7 Å². The van der Waals surface area contributed by atoms with E-state index in [1.54, 1.807) is 12.1 Å². The summed E-state index contributed by atoms with van der Waals surface area (Å²) in [4.78, 5) is 14.0. The molecule has 0 radical (unpaired) electrons. The number of hydrogen-bond donors (Lipinski definition) is 2. The summed E-state index contributed by atoms with van der Waals surface area (Å²) in [5, 5.41) is 9.96. The van der Waals surface area contributed by atoms with Crippen molar-refractivity contribution < 1.29 is 22.7 Å². The molecule has 6 nitrogen and oxygen atoms in total. The number of sulfonamides is 1. The highest BCUT2D eigenvalue weighted by Crippen LogP contribution is 2.13. The van der Waals surface area contributed by atoms with Gasteiger partial charge in [-0.05, 0) is 43.7 Å². The summed E-state index contributed by atoms with van der Waals surface area (Å²) < 4.78 is 40.4. The summed E-state index contributed by atoms with van der Waals surface area (Å²) in [6, 6.07) is 10.4. The van der Waals surface area contributed by atoms with Gasteiger partial charge in [-0.1, -0.05) is 29.8 Å². The zero-order valence-electron chi connectivity index (χ0n) is 15.4. The molecule has 0 saturated heterocycles. The highest BCUT2D eigenvalue weighted by atomic mass is 32.2. The van der Waals surface area contributed by atoms with Crippen LogP contribution in [0.1, 0.15) is 18.1 Å². The van der Waals surface area contributed by atoms with Gasteiger partial charge in [-0.2, -0.15) is 4.72 Å². The molecule has 0 spiro atoms. The van der Waals surface area contributed by atoms with Crippen LogP contribution in [-0.2, 0) is 21.4 Å². The highest BCUT2D eigenvalue weighted by Gasteiger charge is 2.31. The Kier molecular flexibility index (Phi) is 6.69. The number of nitrogens with zero attached hydrogens (tertiary/aromatic N) is 1. The monoisotopic (exact) mass is 394 g/mol. The van der Waals surface area contributed by atoms with Crippen LogP contribution in [0.2, 0.25) is 0 Å². The number of aryl methyl sites for hydroxylation is 1. The van der Waals surface area contributed by atoms with Crippen molar-refractivity contribution in [1.82, 2.24) is 9.62 Å². The molecule has 0 heterocycles. The van der Waals surface area contributed by atoms with Crippen LogP contribution in [-0.4, -0.2) is 43.5 Å². The molecule has 2 rings (SSSR count). The third-order valence-corrected chi connectivity index (χ3v) is 5.53. The fourth-order valence-electron chi connectivity index (χ4n) is 2.49. The van der Waals surface area contributed by atoms with E-state index in [9.17, 15) is 22.7 Å². The SMILES string of the molecule is Cc1ccc(S(=O)(=O)N[C@H](C(=O)N(C)Cc2ccc(F)cc2)[C@H](C)O)cc1. The van der Waals surface area contributed by atoms with Crippen LogP contribution in [0.4, 0.5) is 4.39 Å². The Bertz CT molecular complexity index is 881. The van der Waals surface area contributed by atoms with E-state index >= 15 is 0 Å². The van der Waals surface area contributed by atoms with Crippen molar-refractivity contribution in [3.05, 3.63) is 65.5 Å². The summed E-state index contributed by atoms with van der Waals surface area (Å²) in [6.07, 6.45) is -1.24. The lowest BCUT2D eigenvalue weighted by molar-refractivity contribution is -0.134. The molecule has 8 heteroatoms. The molecule has 0 aliphatic rings. The van der Waals surface area contributed by atoms with Crippen LogP contribution in [0.3, 0.4) is 0 Å². The van der Waals surface area contributed by atoms with Gasteiger partial charge >= 0.3 is 0 Å². The van der Waals surface area contributed by atoms with Crippen molar-refractivity contribution in [2.45, 2.75) is 37.4 Å². The second-order valence-corrected chi connectivity index (χ2v) is 8.19. The first-order valence-electron chi connectivity index (χ1n) is 8.36. The van der Waals surface area contributed by atoms with Crippen LogP contribution in [0.15, 0.2) is 53.4 Å². The molecule has 0 aliphatic heterocycles. The van der Waals surface area contributed by atoms with E-state index in [1.807, 2.05) is 6.92 Å². The van der Waals surface area contributed by atoms with Gasteiger partial charge in [-0.25, -0.2) is 12.8 Å². The van der Waals surface area contributed by atoms with Gasteiger partial charge in [0.15, 0.2) is 0 Å². The largest absolute Gasteiger partial charge is 0.391 e. The first kappa shape index (κ1) is 21.0. The van der Waals surface area contributed by atoms with Crippen LogP contribution in [0.25, 0.3) is 0 Å². The minimum atomic E-state index is -3.99. The molecule has 0 fully saturated rings. The van der Waals surface area contributed by atoms with E-state index in [1.165, 1.54) is 55.3 Å². The number of carbonyl (C=O) groups is 1. The van der Waals surface area contributed by atoms with E-state index in [0.717, 1.165) is 5.56 Å². The second kappa shape index (κ2) is 8.60. The van der Waals surface area contributed by atoms with Gasteiger partial charge in [0.2, 0.25) is 15.9 Å². The Morgan fingerprint density at radius 2 is 1.70 bits per heavy atom. The molecule has 2 atom stereocenters. The third-order valence-electron chi connectivity index (χ3n) is 4.07. The fraction of sp³-hybridized carbons (Fsp3) is 0.316. The quantitative estimate of drug-likeness (QED) is 0.750. The Balaban J connectivity index is 2.16. The average Bonchev–Trinajstić information content (AvgIpc) is 2.61. The van der Waals surface area contributed by atoms with Crippen molar-refractivity contribution in [3.63, 3.8) is 0 Å². The van der Waals surface area contributed by atoms with Gasteiger partial charge in [0, 0.05) is 13.6 Å². The number of nitrogens with one attached hydrogen (secondary N) is 1. The molecule has 146 valence electrons. The lowest BCUT2D eigenvalue weighted by atomic mass is 10.1. The van der Waals surface area contributed by atoms with Crippen LogP contribution in [0.5, 0.6) is 0 Å². The maximum atomic E-state index is 13.0. The number of amides is 1. The van der Waals surface area contributed by atoms with Crippen molar-refractivity contribution in [2.75, 3.05) is 7.05 Å². The van der Waals surface area contributed by atoms with Gasteiger partial charge in [-0.3, -0.25) is 4.79 Å². The minimum absolute atomic E-state index is 0.00716. The zero-order chi connectivity index (χ0) is 20.2. The summed E-state index contributed by atoms with van der Waals surface area (Å²) >= 11 is 0. The Labute approximate surface area is 158 Å². The van der Waals surface area contributed by atoms with Gasteiger partial charge in [0.05, 0.1) is 11.0 Å². The van der Waals surface area contributed by atoms with Gasteiger partial charge < -0.3 is 10.0 Å². The molecule has 1 amide bonds. The minimum Gasteiger partial charge on any atom is -0.391 e. The molecular formula is C19H23FN2O4S. The molecule has 2 aromatic rings.